The van der Waals surface area contributed by atoms with Crippen LogP contribution in [0, 0.1) is 5.82 Å². The van der Waals surface area contributed by atoms with Gasteiger partial charge in [0.15, 0.2) is 0 Å². The van der Waals surface area contributed by atoms with Crippen molar-refractivity contribution < 1.29 is 4.39 Å². The summed E-state index contributed by atoms with van der Waals surface area (Å²) >= 11 is 0. The number of likely N-dealkylation sites (tertiary alicyclic amines) is 1. The van der Waals surface area contributed by atoms with Crippen molar-refractivity contribution in [2.24, 2.45) is 0 Å². The Labute approximate surface area is 176 Å². The van der Waals surface area contributed by atoms with Gasteiger partial charge in [0.25, 0.3) is 0 Å². The van der Waals surface area contributed by atoms with Gasteiger partial charge >= 0.3 is 0 Å². The summed E-state index contributed by atoms with van der Waals surface area (Å²) in [6.07, 6.45) is 4.58. The van der Waals surface area contributed by atoms with Crippen molar-refractivity contribution in [1.82, 2.24) is 14.9 Å². The zero-order chi connectivity index (χ0) is 19.3. The molecule has 2 aromatic carbocycles. The number of nitrogens with one attached hydrogen (secondary N) is 1. The Bertz CT molecular complexity index is 942. The number of nitrogen functional groups attached to an aromatic ring is 1. The van der Waals surface area contributed by atoms with Crippen molar-refractivity contribution in [1.29, 1.82) is 0 Å². The number of nitrogens with zero attached hydrogens (tertiary/aromatic N) is 3. The summed E-state index contributed by atoms with van der Waals surface area (Å²) in [5, 5.41) is 4.18. The third-order valence-corrected chi connectivity index (χ3v) is 5.31. The SMILES string of the molecule is Cl.Nc1nc(NCCN2CCCCC2)nc2cccc(Cc3ccc(F)cc3)c12. The molecule has 4 rings (SSSR count). The van der Waals surface area contributed by atoms with E-state index in [1.165, 1.54) is 44.5 Å². The molecule has 0 unspecified atom stereocenters. The standard InChI is InChI=1S/C22H26FN5.ClH/c23-18-9-7-16(8-10-18)15-17-5-4-6-19-20(17)21(24)27-22(26-19)25-11-14-28-12-2-1-3-13-28;/h4-10H,1-3,11-15H2,(H3,24,25,26,27);1H. The lowest BCUT2D eigenvalue weighted by atomic mass is 10.0. The second-order valence-electron chi connectivity index (χ2n) is 7.38. The number of nitrogens with two attached hydrogens (primary N) is 1. The predicted molar refractivity (Wildman–Crippen MR) is 119 cm³/mol. The van der Waals surface area contributed by atoms with Gasteiger partial charge in [0.1, 0.15) is 11.6 Å². The van der Waals surface area contributed by atoms with Gasteiger partial charge in [-0.15, -0.1) is 12.4 Å². The fourth-order valence-corrected chi connectivity index (χ4v) is 3.84. The number of rotatable bonds is 6. The summed E-state index contributed by atoms with van der Waals surface area (Å²) in [7, 11) is 0. The molecule has 1 fully saturated rings. The van der Waals surface area contributed by atoms with E-state index in [9.17, 15) is 4.39 Å². The van der Waals surface area contributed by atoms with E-state index in [-0.39, 0.29) is 18.2 Å². The van der Waals surface area contributed by atoms with E-state index < -0.39 is 0 Å². The molecule has 3 aromatic rings. The van der Waals surface area contributed by atoms with Crippen LogP contribution in [-0.2, 0) is 6.42 Å². The van der Waals surface area contributed by atoms with Gasteiger partial charge in [0.2, 0.25) is 5.95 Å². The highest BCUT2D eigenvalue weighted by Crippen LogP contribution is 2.26. The molecular formula is C22H27ClFN5. The molecule has 1 aromatic heterocycles. The van der Waals surface area contributed by atoms with Crippen molar-refractivity contribution in [2.45, 2.75) is 25.7 Å². The summed E-state index contributed by atoms with van der Waals surface area (Å²) in [5.74, 6) is 0.814. The zero-order valence-electron chi connectivity index (χ0n) is 16.4. The van der Waals surface area contributed by atoms with E-state index in [4.69, 9.17) is 5.73 Å². The second kappa shape index (κ2) is 9.85. The molecule has 0 bridgehead atoms. The largest absolute Gasteiger partial charge is 0.383 e. The van der Waals surface area contributed by atoms with Gasteiger partial charge in [0, 0.05) is 18.5 Å². The van der Waals surface area contributed by atoms with Crippen molar-refractivity contribution >= 4 is 35.1 Å². The lowest BCUT2D eigenvalue weighted by molar-refractivity contribution is 0.237. The van der Waals surface area contributed by atoms with Crippen LogP contribution in [0.15, 0.2) is 42.5 Å². The van der Waals surface area contributed by atoms with Crippen LogP contribution in [0.25, 0.3) is 10.9 Å². The first-order valence-electron chi connectivity index (χ1n) is 9.95. The van der Waals surface area contributed by atoms with Gasteiger partial charge in [-0.3, -0.25) is 0 Å². The highest BCUT2D eigenvalue weighted by molar-refractivity contribution is 5.92. The number of aromatic nitrogens is 2. The van der Waals surface area contributed by atoms with Gasteiger partial charge in [-0.25, -0.2) is 9.37 Å². The van der Waals surface area contributed by atoms with Crippen LogP contribution < -0.4 is 11.1 Å². The van der Waals surface area contributed by atoms with Crippen LogP contribution in [0.3, 0.4) is 0 Å². The molecule has 0 aliphatic carbocycles. The van der Waals surface area contributed by atoms with E-state index in [1.54, 1.807) is 12.1 Å². The van der Waals surface area contributed by atoms with E-state index in [1.807, 2.05) is 18.2 Å². The average molecular weight is 416 g/mol. The lowest BCUT2D eigenvalue weighted by Crippen LogP contribution is -2.33. The van der Waals surface area contributed by atoms with Crippen LogP contribution in [0.4, 0.5) is 16.2 Å². The second-order valence-corrected chi connectivity index (χ2v) is 7.38. The van der Waals surface area contributed by atoms with Gasteiger partial charge in [-0.1, -0.05) is 30.7 Å². The van der Waals surface area contributed by atoms with Crippen molar-refractivity contribution in [2.75, 3.05) is 37.2 Å². The Kier molecular flexibility index (Phi) is 7.23. The molecule has 1 aliphatic rings. The number of hydrogen-bond acceptors (Lipinski definition) is 5. The molecule has 154 valence electrons. The minimum Gasteiger partial charge on any atom is -0.383 e. The van der Waals surface area contributed by atoms with E-state index in [0.29, 0.717) is 18.2 Å². The molecule has 29 heavy (non-hydrogen) atoms. The van der Waals surface area contributed by atoms with Crippen LogP contribution >= 0.6 is 12.4 Å². The smallest absolute Gasteiger partial charge is 0.225 e. The highest BCUT2D eigenvalue weighted by atomic mass is 35.5. The zero-order valence-corrected chi connectivity index (χ0v) is 17.2. The van der Waals surface area contributed by atoms with Crippen LogP contribution in [0.5, 0.6) is 0 Å². The third kappa shape index (κ3) is 5.34. The van der Waals surface area contributed by atoms with E-state index in [0.717, 1.165) is 35.1 Å². The fourth-order valence-electron chi connectivity index (χ4n) is 3.84. The van der Waals surface area contributed by atoms with Gasteiger partial charge in [-0.2, -0.15) is 4.98 Å². The normalized spacial score (nSPS) is 14.5. The Balaban J connectivity index is 0.00000240. The number of halogens is 2. The molecule has 7 heteroatoms. The third-order valence-electron chi connectivity index (χ3n) is 5.31. The van der Waals surface area contributed by atoms with Crippen molar-refractivity contribution in [3.8, 4) is 0 Å². The molecule has 5 nitrogen and oxygen atoms in total. The number of piperidine rings is 1. The molecule has 0 spiro atoms. The first-order chi connectivity index (χ1) is 13.7. The Hall–Kier alpha value is -2.44. The van der Waals surface area contributed by atoms with Crippen molar-refractivity contribution in [3.05, 3.63) is 59.4 Å². The monoisotopic (exact) mass is 415 g/mol. The number of benzene rings is 2. The first kappa shape index (κ1) is 21.3. The minimum atomic E-state index is -0.232. The molecule has 0 saturated carbocycles. The minimum absolute atomic E-state index is 0. The van der Waals surface area contributed by atoms with Gasteiger partial charge < -0.3 is 16.0 Å². The fraction of sp³-hybridized carbons (Fsp3) is 0.364. The van der Waals surface area contributed by atoms with Gasteiger partial charge in [-0.05, 0) is 61.7 Å². The quantitative estimate of drug-likeness (QED) is 0.629. The number of fused-ring (bicyclic) bond motifs is 1. The molecule has 1 aliphatic heterocycles. The Morgan fingerprint density at radius 1 is 1.00 bits per heavy atom. The molecular weight excluding hydrogens is 389 g/mol. The highest BCUT2D eigenvalue weighted by Gasteiger charge is 2.12. The van der Waals surface area contributed by atoms with Crippen LogP contribution in [0.1, 0.15) is 30.4 Å². The lowest BCUT2D eigenvalue weighted by Gasteiger charge is -2.26. The molecule has 0 radical (unpaired) electrons. The van der Waals surface area contributed by atoms with E-state index in [2.05, 4.69) is 20.2 Å². The molecule has 3 N–H and O–H groups in total. The molecule has 0 atom stereocenters. The van der Waals surface area contributed by atoms with Crippen molar-refractivity contribution in [3.63, 3.8) is 0 Å². The molecule has 2 heterocycles. The summed E-state index contributed by atoms with van der Waals surface area (Å²) in [6, 6.07) is 12.5. The first-order valence-corrected chi connectivity index (χ1v) is 9.95. The number of anilines is 2. The number of hydrogen-bond donors (Lipinski definition) is 2. The maximum Gasteiger partial charge on any atom is 0.225 e. The predicted octanol–water partition coefficient (Wildman–Crippen LogP) is 4.26. The Morgan fingerprint density at radius 2 is 1.76 bits per heavy atom. The van der Waals surface area contributed by atoms with Crippen LogP contribution in [0.2, 0.25) is 0 Å². The maximum absolute atomic E-state index is 13.2. The maximum atomic E-state index is 13.2. The van der Waals surface area contributed by atoms with Crippen LogP contribution in [-0.4, -0.2) is 41.0 Å². The Morgan fingerprint density at radius 3 is 2.52 bits per heavy atom. The average Bonchev–Trinajstić information content (AvgIpc) is 2.70. The summed E-state index contributed by atoms with van der Waals surface area (Å²) in [5.41, 5.74) is 9.18. The topological polar surface area (TPSA) is 67.1 Å². The summed E-state index contributed by atoms with van der Waals surface area (Å²) < 4.78 is 13.2. The summed E-state index contributed by atoms with van der Waals surface area (Å²) in [4.78, 5) is 11.6. The molecule has 0 amide bonds. The molecule has 1 saturated heterocycles. The van der Waals surface area contributed by atoms with Gasteiger partial charge in [0.05, 0.1) is 5.52 Å². The summed E-state index contributed by atoms with van der Waals surface area (Å²) in [6.45, 7) is 4.15. The van der Waals surface area contributed by atoms with E-state index >= 15 is 0 Å².